The zero-order chi connectivity index (χ0) is 37.7. The number of hydrogen-bond donors (Lipinski definition) is 0. The van der Waals surface area contributed by atoms with Crippen LogP contribution in [0, 0.1) is 0 Å². The van der Waals surface area contributed by atoms with E-state index in [0.29, 0.717) is 0 Å². The van der Waals surface area contributed by atoms with Gasteiger partial charge in [-0.1, -0.05) is 164 Å². The maximum atomic E-state index is 2.43. The smallest absolute Gasteiger partial charge is 0.0562 e. The number of thiophene rings is 1. The Morgan fingerprint density at radius 1 is 0.368 bits per heavy atom. The second kappa shape index (κ2) is 13.8. The molecular formula is C54H36N2S. The summed E-state index contributed by atoms with van der Waals surface area (Å²) in [7, 11) is 0. The third-order valence-corrected chi connectivity index (χ3v) is 12.4. The summed E-state index contributed by atoms with van der Waals surface area (Å²) in [5.74, 6) is 0. The van der Waals surface area contributed by atoms with E-state index in [1.54, 1.807) is 0 Å². The van der Waals surface area contributed by atoms with Crippen molar-refractivity contribution >= 4 is 70.4 Å². The SMILES string of the molecule is c1ccc(-c2ccccc2N(c2ccc(-c3cccc4c3sc3ccccc34)cc2)c2ccc3c4c(-c5ccccc5)cccc4n(-c4ccccc4)c3c2)cc1. The van der Waals surface area contributed by atoms with Crippen molar-refractivity contribution in [3.05, 3.63) is 218 Å². The quantitative estimate of drug-likeness (QED) is 0.158. The van der Waals surface area contributed by atoms with Gasteiger partial charge in [-0.25, -0.2) is 0 Å². The zero-order valence-electron chi connectivity index (χ0n) is 31.1. The lowest BCUT2D eigenvalue weighted by molar-refractivity contribution is 1.18. The topological polar surface area (TPSA) is 8.17 Å². The van der Waals surface area contributed by atoms with Crippen LogP contribution in [0.25, 0.3) is 81.0 Å². The van der Waals surface area contributed by atoms with Crippen LogP contribution in [0.2, 0.25) is 0 Å². The first-order valence-corrected chi connectivity index (χ1v) is 20.3. The molecule has 0 aliphatic heterocycles. The van der Waals surface area contributed by atoms with Crippen molar-refractivity contribution in [1.82, 2.24) is 4.57 Å². The summed E-state index contributed by atoms with van der Waals surface area (Å²) in [6, 6.07) is 79.3. The fourth-order valence-electron chi connectivity index (χ4n) is 8.63. The van der Waals surface area contributed by atoms with Crippen molar-refractivity contribution in [3.63, 3.8) is 0 Å². The van der Waals surface area contributed by atoms with Gasteiger partial charge in [-0.3, -0.25) is 0 Å². The molecule has 0 unspecified atom stereocenters. The van der Waals surface area contributed by atoms with E-state index in [2.05, 4.69) is 228 Å². The maximum absolute atomic E-state index is 2.43. The predicted molar refractivity (Wildman–Crippen MR) is 245 cm³/mol. The van der Waals surface area contributed by atoms with Gasteiger partial charge >= 0.3 is 0 Å². The Labute approximate surface area is 335 Å². The van der Waals surface area contributed by atoms with Crippen LogP contribution < -0.4 is 4.90 Å². The Kier molecular flexibility index (Phi) is 8.04. The molecule has 0 fully saturated rings. The molecule has 0 N–H and O–H groups in total. The van der Waals surface area contributed by atoms with Gasteiger partial charge in [0.1, 0.15) is 0 Å². The predicted octanol–water partition coefficient (Wildman–Crippen LogP) is 15.6. The first-order chi connectivity index (χ1) is 28.3. The zero-order valence-corrected chi connectivity index (χ0v) is 31.9. The molecule has 2 nitrogen and oxygen atoms in total. The molecule has 0 saturated carbocycles. The van der Waals surface area contributed by atoms with Gasteiger partial charge in [0.05, 0.1) is 16.7 Å². The number of para-hydroxylation sites is 2. The monoisotopic (exact) mass is 744 g/mol. The van der Waals surface area contributed by atoms with Crippen molar-refractivity contribution in [2.45, 2.75) is 0 Å². The molecule has 268 valence electrons. The van der Waals surface area contributed by atoms with Crippen LogP contribution in [0.5, 0.6) is 0 Å². The highest BCUT2D eigenvalue weighted by atomic mass is 32.1. The van der Waals surface area contributed by atoms with Gasteiger partial charge in [0.2, 0.25) is 0 Å². The van der Waals surface area contributed by atoms with Crippen LogP contribution in [0.15, 0.2) is 218 Å². The summed E-state index contributed by atoms with van der Waals surface area (Å²) >= 11 is 1.88. The molecule has 0 radical (unpaired) electrons. The second-order valence-corrected chi connectivity index (χ2v) is 15.5. The van der Waals surface area contributed by atoms with E-state index in [1.807, 2.05) is 11.3 Å². The van der Waals surface area contributed by atoms with Gasteiger partial charge in [-0.2, -0.15) is 0 Å². The third kappa shape index (κ3) is 5.63. The summed E-state index contributed by atoms with van der Waals surface area (Å²) < 4.78 is 5.07. The van der Waals surface area contributed by atoms with Gasteiger partial charge in [0.25, 0.3) is 0 Å². The number of anilines is 3. The van der Waals surface area contributed by atoms with Gasteiger partial charge in [-0.15, -0.1) is 11.3 Å². The molecule has 0 spiro atoms. The molecule has 0 atom stereocenters. The van der Waals surface area contributed by atoms with E-state index in [4.69, 9.17) is 0 Å². The summed E-state index contributed by atoms with van der Waals surface area (Å²) in [5, 5.41) is 5.11. The highest BCUT2D eigenvalue weighted by molar-refractivity contribution is 7.26. The van der Waals surface area contributed by atoms with Gasteiger partial charge < -0.3 is 9.47 Å². The molecule has 0 aliphatic rings. The molecular weight excluding hydrogens is 709 g/mol. The van der Waals surface area contributed by atoms with E-state index in [-0.39, 0.29) is 0 Å². The number of hydrogen-bond acceptors (Lipinski definition) is 2. The molecule has 3 heteroatoms. The molecule has 2 heterocycles. The highest BCUT2D eigenvalue weighted by Crippen LogP contribution is 2.46. The van der Waals surface area contributed by atoms with Gasteiger partial charge in [-0.05, 0) is 82.4 Å². The normalized spacial score (nSPS) is 11.5. The van der Waals surface area contributed by atoms with Crippen molar-refractivity contribution in [1.29, 1.82) is 0 Å². The molecule has 9 aromatic carbocycles. The van der Waals surface area contributed by atoms with Crippen LogP contribution in [-0.4, -0.2) is 4.57 Å². The summed E-state index contributed by atoms with van der Waals surface area (Å²) in [6.07, 6.45) is 0. The highest BCUT2D eigenvalue weighted by Gasteiger charge is 2.22. The van der Waals surface area contributed by atoms with Gasteiger partial charge in [0, 0.05) is 53.6 Å². The van der Waals surface area contributed by atoms with Crippen LogP contribution in [0.3, 0.4) is 0 Å². The molecule has 11 rings (SSSR count). The molecule has 57 heavy (non-hydrogen) atoms. The van der Waals surface area contributed by atoms with E-state index in [1.165, 1.54) is 69.8 Å². The lowest BCUT2D eigenvalue weighted by Gasteiger charge is -2.28. The minimum absolute atomic E-state index is 1.09. The number of nitrogens with zero attached hydrogens (tertiary/aromatic N) is 2. The van der Waals surface area contributed by atoms with Crippen LogP contribution >= 0.6 is 11.3 Å². The average Bonchev–Trinajstić information content (AvgIpc) is 3.84. The molecule has 0 bridgehead atoms. The lowest BCUT2D eigenvalue weighted by Crippen LogP contribution is -2.11. The minimum Gasteiger partial charge on any atom is -0.310 e. The molecule has 0 amide bonds. The third-order valence-electron chi connectivity index (χ3n) is 11.2. The van der Waals surface area contributed by atoms with Crippen LogP contribution in [0.1, 0.15) is 0 Å². The number of benzene rings is 9. The Hall–Kier alpha value is -7.20. The maximum Gasteiger partial charge on any atom is 0.0562 e. The first kappa shape index (κ1) is 33.2. The Balaban J connectivity index is 1.14. The van der Waals surface area contributed by atoms with Crippen molar-refractivity contribution in [2.75, 3.05) is 4.90 Å². The molecule has 0 aliphatic carbocycles. The number of aromatic nitrogens is 1. The minimum atomic E-state index is 1.09. The van der Waals surface area contributed by atoms with Crippen molar-refractivity contribution < 1.29 is 0 Å². The molecule has 11 aromatic rings. The largest absolute Gasteiger partial charge is 0.310 e. The summed E-state index contributed by atoms with van der Waals surface area (Å²) in [6.45, 7) is 0. The molecule has 2 aromatic heterocycles. The lowest BCUT2D eigenvalue weighted by atomic mass is 9.99. The van der Waals surface area contributed by atoms with Crippen LogP contribution in [-0.2, 0) is 0 Å². The van der Waals surface area contributed by atoms with Crippen molar-refractivity contribution in [3.8, 4) is 39.1 Å². The number of fused-ring (bicyclic) bond motifs is 6. The summed E-state index contributed by atoms with van der Waals surface area (Å²) in [5.41, 5.74) is 14.1. The standard InChI is InChI=1S/C54H36N2S/c1-4-16-37(17-5-1)43-22-10-12-27-49(43)55(41-32-30-39(31-33-41)45-25-14-26-47-46-23-11-13-29-52(46)57-54(45)47)42-34-35-48-51(36-42)56(40-20-8-3-9-21-40)50-28-15-24-44(53(48)50)38-18-6-2-7-19-38/h1-36H. The Bertz CT molecular complexity index is 3220. The Morgan fingerprint density at radius 2 is 0.947 bits per heavy atom. The van der Waals surface area contributed by atoms with E-state index in [0.717, 1.165) is 28.3 Å². The van der Waals surface area contributed by atoms with E-state index in [9.17, 15) is 0 Å². The van der Waals surface area contributed by atoms with Crippen molar-refractivity contribution in [2.24, 2.45) is 0 Å². The van der Waals surface area contributed by atoms with Gasteiger partial charge in [0.15, 0.2) is 0 Å². The summed E-state index contributed by atoms with van der Waals surface area (Å²) in [4.78, 5) is 2.43. The number of rotatable bonds is 7. The van der Waals surface area contributed by atoms with E-state index >= 15 is 0 Å². The van der Waals surface area contributed by atoms with Crippen LogP contribution in [0.4, 0.5) is 17.1 Å². The average molecular weight is 745 g/mol. The molecule has 0 saturated heterocycles. The fourth-order valence-corrected chi connectivity index (χ4v) is 9.87. The fraction of sp³-hybridized carbons (Fsp3) is 0. The first-order valence-electron chi connectivity index (χ1n) is 19.4. The second-order valence-electron chi connectivity index (χ2n) is 14.5. The van der Waals surface area contributed by atoms with E-state index < -0.39 is 0 Å². The Morgan fingerprint density at radius 3 is 1.74 bits per heavy atom.